The molecule has 0 amide bonds. The van der Waals surface area contributed by atoms with Gasteiger partial charge in [0.05, 0.1) is 5.60 Å². The molecule has 1 saturated carbocycles. The Morgan fingerprint density at radius 1 is 1.38 bits per heavy atom. The Morgan fingerprint density at radius 3 is 2.57 bits per heavy atom. The van der Waals surface area contributed by atoms with E-state index in [4.69, 9.17) is 4.74 Å². The number of nitrogens with one attached hydrogen (secondary N) is 1. The van der Waals surface area contributed by atoms with Crippen molar-refractivity contribution in [3.63, 3.8) is 0 Å². The van der Waals surface area contributed by atoms with E-state index in [1.807, 2.05) is 27.1 Å². The molecule has 1 aromatic rings. The Balaban J connectivity index is 2.17. The van der Waals surface area contributed by atoms with Crippen molar-refractivity contribution in [3.05, 3.63) is 35.1 Å². The summed E-state index contributed by atoms with van der Waals surface area (Å²) >= 11 is 0. The van der Waals surface area contributed by atoms with Crippen LogP contribution in [0.25, 0.3) is 0 Å². The first kappa shape index (κ1) is 16.4. The number of hydrogen-bond donors (Lipinski definition) is 1. The molecule has 1 aliphatic rings. The van der Waals surface area contributed by atoms with Gasteiger partial charge in [-0.15, -0.1) is 0 Å². The highest BCUT2D eigenvalue weighted by Gasteiger charge is 2.40. The molecule has 0 aromatic heterocycles. The van der Waals surface area contributed by atoms with Crippen LogP contribution in [0.3, 0.4) is 0 Å². The van der Waals surface area contributed by atoms with Crippen LogP contribution in [0.4, 0.5) is 4.39 Å². The normalized spacial score (nSPS) is 27.6. The average Bonchev–Trinajstić information content (AvgIpc) is 2.48. The van der Waals surface area contributed by atoms with E-state index in [1.54, 1.807) is 12.1 Å². The van der Waals surface area contributed by atoms with E-state index in [-0.39, 0.29) is 17.5 Å². The van der Waals surface area contributed by atoms with Crippen molar-refractivity contribution in [2.75, 3.05) is 14.2 Å². The van der Waals surface area contributed by atoms with Crippen molar-refractivity contribution in [1.82, 2.24) is 5.32 Å². The second kappa shape index (κ2) is 6.89. The first-order valence-electron chi connectivity index (χ1n) is 7.98. The molecule has 0 heterocycles. The van der Waals surface area contributed by atoms with Gasteiger partial charge in [-0.1, -0.05) is 13.0 Å². The Labute approximate surface area is 128 Å². The van der Waals surface area contributed by atoms with Crippen LogP contribution in [0.5, 0.6) is 0 Å². The highest BCUT2D eigenvalue weighted by molar-refractivity contribution is 5.28. The molecule has 2 nitrogen and oxygen atoms in total. The number of methoxy groups -OCH3 is 1. The lowest BCUT2D eigenvalue weighted by Gasteiger charge is -2.44. The molecule has 0 bridgehead atoms. The summed E-state index contributed by atoms with van der Waals surface area (Å²) in [5.74, 6) is 0.628. The lowest BCUT2D eigenvalue weighted by molar-refractivity contribution is -0.0730. The van der Waals surface area contributed by atoms with E-state index >= 15 is 0 Å². The van der Waals surface area contributed by atoms with Gasteiger partial charge in [0.1, 0.15) is 5.82 Å². The Hall–Kier alpha value is -0.930. The van der Waals surface area contributed by atoms with Crippen LogP contribution in [0.2, 0.25) is 0 Å². The lowest BCUT2D eigenvalue weighted by atomic mass is 9.73. The minimum Gasteiger partial charge on any atom is -0.377 e. The summed E-state index contributed by atoms with van der Waals surface area (Å²) in [4.78, 5) is 0. The molecular formula is C18H28FNO. The number of rotatable bonds is 5. The van der Waals surface area contributed by atoms with Crippen molar-refractivity contribution < 1.29 is 9.13 Å². The third kappa shape index (κ3) is 3.64. The van der Waals surface area contributed by atoms with Gasteiger partial charge in [0.2, 0.25) is 0 Å². The van der Waals surface area contributed by atoms with Gasteiger partial charge in [-0.25, -0.2) is 4.39 Å². The number of likely N-dealkylation sites (N-methyl/N-ethyl adjacent to an activating group) is 1. The zero-order valence-electron chi connectivity index (χ0n) is 13.7. The topological polar surface area (TPSA) is 21.3 Å². The summed E-state index contributed by atoms with van der Waals surface area (Å²) in [7, 11) is 3.83. The maximum Gasteiger partial charge on any atom is 0.123 e. The van der Waals surface area contributed by atoms with Gasteiger partial charge in [0.15, 0.2) is 0 Å². The number of aryl methyl sites for hydroxylation is 1. The molecule has 3 heteroatoms. The minimum atomic E-state index is -0.162. The second-order valence-electron chi connectivity index (χ2n) is 6.57. The number of ether oxygens (including phenoxy) is 1. The molecule has 21 heavy (non-hydrogen) atoms. The van der Waals surface area contributed by atoms with Gasteiger partial charge in [0, 0.05) is 13.2 Å². The van der Waals surface area contributed by atoms with Crippen molar-refractivity contribution >= 4 is 0 Å². The fraction of sp³-hybridized carbons (Fsp3) is 0.667. The Kier molecular flexibility index (Phi) is 5.39. The van der Waals surface area contributed by atoms with Gasteiger partial charge >= 0.3 is 0 Å². The largest absolute Gasteiger partial charge is 0.377 e. The van der Waals surface area contributed by atoms with Crippen LogP contribution in [-0.4, -0.2) is 25.8 Å². The fourth-order valence-electron chi connectivity index (χ4n) is 3.60. The SMILES string of the molecule is CNC(Cc1ccc(F)cc1C)C1(OC)CCC(C)CC1. The molecule has 2 rings (SSSR count). The average molecular weight is 293 g/mol. The zero-order chi connectivity index (χ0) is 15.5. The number of hydrogen-bond acceptors (Lipinski definition) is 2. The quantitative estimate of drug-likeness (QED) is 0.890. The molecule has 1 N–H and O–H groups in total. The third-order valence-corrected chi connectivity index (χ3v) is 5.24. The van der Waals surface area contributed by atoms with E-state index in [9.17, 15) is 4.39 Å². The van der Waals surface area contributed by atoms with Crippen LogP contribution in [-0.2, 0) is 11.2 Å². The summed E-state index contributed by atoms with van der Waals surface area (Å²) in [6, 6.07) is 5.34. The highest BCUT2D eigenvalue weighted by atomic mass is 19.1. The molecular weight excluding hydrogens is 265 g/mol. The summed E-state index contributed by atoms with van der Waals surface area (Å²) in [5, 5.41) is 3.45. The number of halogens is 1. The maximum absolute atomic E-state index is 13.3. The van der Waals surface area contributed by atoms with Gasteiger partial charge < -0.3 is 10.1 Å². The van der Waals surface area contributed by atoms with Crippen LogP contribution in [0, 0.1) is 18.7 Å². The van der Waals surface area contributed by atoms with Crippen LogP contribution >= 0.6 is 0 Å². The zero-order valence-corrected chi connectivity index (χ0v) is 13.7. The van der Waals surface area contributed by atoms with E-state index < -0.39 is 0 Å². The molecule has 1 fully saturated rings. The smallest absolute Gasteiger partial charge is 0.123 e. The molecule has 0 saturated heterocycles. The highest BCUT2D eigenvalue weighted by Crippen LogP contribution is 2.38. The molecule has 0 aliphatic heterocycles. The van der Waals surface area contributed by atoms with Gasteiger partial charge in [-0.05, 0) is 75.3 Å². The molecule has 118 valence electrons. The maximum atomic E-state index is 13.3. The van der Waals surface area contributed by atoms with Crippen LogP contribution in [0.15, 0.2) is 18.2 Å². The lowest BCUT2D eigenvalue weighted by Crippen LogP contribution is -2.54. The van der Waals surface area contributed by atoms with E-state index in [1.165, 1.54) is 18.4 Å². The molecule has 0 radical (unpaired) electrons. The first-order chi connectivity index (χ1) is 10.0. The van der Waals surface area contributed by atoms with Gasteiger partial charge in [-0.2, -0.15) is 0 Å². The van der Waals surface area contributed by atoms with Crippen LogP contribution in [0.1, 0.15) is 43.7 Å². The predicted octanol–water partition coefficient (Wildman–Crippen LogP) is 3.86. The van der Waals surface area contributed by atoms with Crippen molar-refractivity contribution in [3.8, 4) is 0 Å². The van der Waals surface area contributed by atoms with Crippen molar-refractivity contribution in [2.45, 2.75) is 57.6 Å². The molecule has 0 spiro atoms. The standard InChI is InChI=1S/C18H28FNO/c1-13-7-9-18(21-4,10-8-13)17(20-3)12-15-5-6-16(19)11-14(15)2/h5-6,11,13,17,20H,7-10,12H2,1-4H3. The minimum absolute atomic E-state index is 0.0952. The van der Waals surface area contributed by atoms with Crippen molar-refractivity contribution in [2.24, 2.45) is 5.92 Å². The van der Waals surface area contributed by atoms with Gasteiger partial charge in [-0.3, -0.25) is 0 Å². The first-order valence-corrected chi connectivity index (χ1v) is 7.98. The predicted molar refractivity (Wildman–Crippen MR) is 85.1 cm³/mol. The Bertz CT molecular complexity index is 466. The summed E-state index contributed by atoms with van der Waals surface area (Å²) < 4.78 is 19.2. The summed E-state index contributed by atoms with van der Waals surface area (Å²) in [5.41, 5.74) is 2.12. The van der Waals surface area contributed by atoms with E-state index in [0.29, 0.717) is 0 Å². The van der Waals surface area contributed by atoms with E-state index in [2.05, 4.69) is 12.2 Å². The van der Waals surface area contributed by atoms with E-state index in [0.717, 1.165) is 30.7 Å². The molecule has 1 aliphatic carbocycles. The monoisotopic (exact) mass is 293 g/mol. The summed E-state index contributed by atoms with van der Waals surface area (Å²) in [6.07, 6.45) is 5.50. The van der Waals surface area contributed by atoms with Crippen molar-refractivity contribution in [1.29, 1.82) is 0 Å². The third-order valence-electron chi connectivity index (χ3n) is 5.24. The molecule has 1 atom stereocenters. The summed E-state index contributed by atoms with van der Waals surface area (Å²) in [6.45, 7) is 4.30. The molecule has 1 aromatic carbocycles. The van der Waals surface area contributed by atoms with Crippen LogP contribution < -0.4 is 5.32 Å². The number of benzene rings is 1. The second-order valence-corrected chi connectivity index (χ2v) is 6.57. The Morgan fingerprint density at radius 2 is 2.05 bits per heavy atom. The fourth-order valence-corrected chi connectivity index (χ4v) is 3.60. The van der Waals surface area contributed by atoms with Gasteiger partial charge in [0.25, 0.3) is 0 Å². The molecule has 1 unspecified atom stereocenters.